The zero-order valence-electron chi connectivity index (χ0n) is 5.77. The third-order valence-electron chi connectivity index (χ3n) is 2.62. The van der Waals surface area contributed by atoms with Gasteiger partial charge in [0.15, 0.2) is 0 Å². The molecule has 0 aromatic rings. The molecule has 1 fully saturated rings. The van der Waals surface area contributed by atoms with E-state index in [9.17, 15) is 0 Å². The van der Waals surface area contributed by atoms with Crippen LogP contribution in [-0.4, -0.2) is 11.8 Å². The highest BCUT2D eigenvalue weighted by atomic mass is 14.9. The molecule has 0 unspecified atom stereocenters. The van der Waals surface area contributed by atoms with E-state index in [4.69, 9.17) is 0 Å². The van der Waals surface area contributed by atoms with Gasteiger partial charge in [0, 0.05) is 12.6 Å². The molecule has 1 spiro atoms. The van der Waals surface area contributed by atoms with Gasteiger partial charge in [-0.05, 0) is 12.8 Å². The van der Waals surface area contributed by atoms with Crippen molar-refractivity contribution in [3.8, 4) is 0 Å². The fourth-order valence-electron chi connectivity index (χ4n) is 1.89. The van der Waals surface area contributed by atoms with E-state index in [-0.39, 0.29) is 0 Å². The number of rotatable bonds is 0. The highest BCUT2D eigenvalue weighted by molar-refractivity contribution is 5.66. The van der Waals surface area contributed by atoms with Gasteiger partial charge in [0.05, 0.1) is 5.54 Å². The summed E-state index contributed by atoms with van der Waals surface area (Å²) in [6, 6.07) is 0. The van der Waals surface area contributed by atoms with E-state index in [0.29, 0.717) is 5.54 Å². The van der Waals surface area contributed by atoms with Crippen molar-refractivity contribution in [2.24, 2.45) is 4.99 Å². The fourth-order valence-corrected chi connectivity index (χ4v) is 1.89. The van der Waals surface area contributed by atoms with Crippen LogP contribution < -0.4 is 0 Å². The van der Waals surface area contributed by atoms with E-state index in [1.165, 1.54) is 38.5 Å². The molecule has 1 saturated carbocycles. The Balaban J connectivity index is 2.02. The molecule has 0 saturated heterocycles. The first kappa shape index (κ1) is 5.45. The van der Waals surface area contributed by atoms with Gasteiger partial charge in [-0.15, -0.1) is 0 Å². The Labute approximate surface area is 56.2 Å². The maximum Gasteiger partial charge on any atom is 0.0653 e. The van der Waals surface area contributed by atoms with Crippen LogP contribution in [0.3, 0.4) is 0 Å². The zero-order valence-corrected chi connectivity index (χ0v) is 5.77. The molecule has 0 N–H and O–H groups in total. The first-order valence-corrected chi connectivity index (χ1v) is 3.95. The highest BCUT2D eigenvalue weighted by Crippen LogP contribution is 2.37. The van der Waals surface area contributed by atoms with E-state index < -0.39 is 0 Å². The lowest BCUT2D eigenvalue weighted by atomic mass is 9.77. The highest BCUT2D eigenvalue weighted by Gasteiger charge is 2.34. The third kappa shape index (κ3) is 0.790. The summed E-state index contributed by atoms with van der Waals surface area (Å²) in [5, 5.41) is 0. The number of aliphatic imine (C=N–C) groups is 1. The first-order chi connectivity index (χ1) is 4.41. The van der Waals surface area contributed by atoms with Gasteiger partial charge in [0.1, 0.15) is 0 Å². The molecule has 0 atom stereocenters. The molecule has 1 heteroatoms. The van der Waals surface area contributed by atoms with Crippen molar-refractivity contribution in [2.45, 2.75) is 44.1 Å². The van der Waals surface area contributed by atoms with Gasteiger partial charge >= 0.3 is 0 Å². The molecular formula is C8H13N. The van der Waals surface area contributed by atoms with Gasteiger partial charge in [-0.2, -0.15) is 0 Å². The summed E-state index contributed by atoms with van der Waals surface area (Å²) in [6.45, 7) is 0. The van der Waals surface area contributed by atoms with E-state index in [2.05, 4.69) is 11.2 Å². The number of hydrogen-bond donors (Lipinski definition) is 0. The molecule has 0 amide bonds. The van der Waals surface area contributed by atoms with Gasteiger partial charge in [-0.25, -0.2) is 0 Å². The predicted octanol–water partition coefficient (Wildman–Crippen LogP) is 2.16. The van der Waals surface area contributed by atoms with Crippen molar-refractivity contribution < 1.29 is 0 Å². The van der Waals surface area contributed by atoms with Crippen molar-refractivity contribution in [1.82, 2.24) is 0 Å². The largest absolute Gasteiger partial charge is 0.290 e. The molecule has 2 aliphatic rings. The summed E-state index contributed by atoms with van der Waals surface area (Å²) < 4.78 is 0. The summed E-state index contributed by atoms with van der Waals surface area (Å²) in [5.41, 5.74) is 0.470. The quantitative estimate of drug-likeness (QED) is 0.468. The molecule has 50 valence electrons. The standard InChI is InChI=1S/C8H13N/c1-2-4-8(5-3-1)6-7-9-8/h7H,1-6H2. The lowest BCUT2D eigenvalue weighted by Gasteiger charge is -2.37. The molecule has 1 aliphatic carbocycles. The normalized spacial score (nSPS) is 30.2. The second-order valence-electron chi connectivity index (χ2n) is 3.30. The van der Waals surface area contributed by atoms with Gasteiger partial charge in [0.25, 0.3) is 0 Å². The SMILES string of the molecule is C1=NC2(C1)CCCCC2. The van der Waals surface area contributed by atoms with Crippen molar-refractivity contribution in [1.29, 1.82) is 0 Å². The average Bonchev–Trinajstić information content (AvgIpc) is 1.87. The Bertz CT molecular complexity index is 132. The molecule has 0 radical (unpaired) electrons. The lowest BCUT2D eigenvalue weighted by molar-refractivity contribution is 0.288. The lowest BCUT2D eigenvalue weighted by Crippen LogP contribution is -2.35. The summed E-state index contributed by atoms with van der Waals surface area (Å²) in [5.74, 6) is 0. The Kier molecular flexibility index (Phi) is 1.11. The van der Waals surface area contributed by atoms with E-state index >= 15 is 0 Å². The summed E-state index contributed by atoms with van der Waals surface area (Å²) >= 11 is 0. The van der Waals surface area contributed by atoms with Crippen molar-refractivity contribution >= 4 is 6.21 Å². The molecule has 0 bridgehead atoms. The van der Waals surface area contributed by atoms with Crippen LogP contribution in [0.5, 0.6) is 0 Å². The molecule has 9 heavy (non-hydrogen) atoms. The number of nitrogens with zero attached hydrogens (tertiary/aromatic N) is 1. The van der Waals surface area contributed by atoms with E-state index in [1.807, 2.05) is 0 Å². The number of hydrogen-bond acceptors (Lipinski definition) is 1. The molecule has 1 nitrogen and oxygen atoms in total. The van der Waals surface area contributed by atoms with Gasteiger partial charge in [0.2, 0.25) is 0 Å². The van der Waals surface area contributed by atoms with Crippen LogP contribution in [-0.2, 0) is 0 Å². The molecule has 0 aromatic carbocycles. The second kappa shape index (κ2) is 1.83. The average molecular weight is 123 g/mol. The van der Waals surface area contributed by atoms with Crippen LogP contribution in [0.1, 0.15) is 38.5 Å². The fraction of sp³-hybridized carbons (Fsp3) is 0.875. The second-order valence-corrected chi connectivity index (χ2v) is 3.30. The maximum atomic E-state index is 4.44. The summed E-state index contributed by atoms with van der Waals surface area (Å²) in [7, 11) is 0. The predicted molar refractivity (Wildman–Crippen MR) is 38.9 cm³/mol. The van der Waals surface area contributed by atoms with Crippen LogP contribution in [0.15, 0.2) is 4.99 Å². The monoisotopic (exact) mass is 123 g/mol. The van der Waals surface area contributed by atoms with Gasteiger partial charge in [-0.1, -0.05) is 19.3 Å². The van der Waals surface area contributed by atoms with E-state index in [0.717, 1.165) is 0 Å². The minimum atomic E-state index is 0.470. The van der Waals surface area contributed by atoms with E-state index in [1.54, 1.807) is 0 Å². The zero-order chi connectivity index (χ0) is 6.16. The Morgan fingerprint density at radius 2 is 1.78 bits per heavy atom. The maximum absolute atomic E-state index is 4.44. The van der Waals surface area contributed by atoms with Crippen LogP contribution in [0.25, 0.3) is 0 Å². The van der Waals surface area contributed by atoms with Crippen LogP contribution in [0, 0.1) is 0 Å². The Morgan fingerprint density at radius 3 is 2.11 bits per heavy atom. The first-order valence-electron chi connectivity index (χ1n) is 3.95. The Hall–Kier alpha value is -0.330. The van der Waals surface area contributed by atoms with Crippen LogP contribution in [0.4, 0.5) is 0 Å². The third-order valence-corrected chi connectivity index (χ3v) is 2.62. The topological polar surface area (TPSA) is 12.4 Å². The molecule has 1 aliphatic heterocycles. The van der Waals surface area contributed by atoms with Crippen molar-refractivity contribution in [3.63, 3.8) is 0 Å². The minimum Gasteiger partial charge on any atom is -0.290 e. The van der Waals surface area contributed by atoms with Gasteiger partial charge in [-0.3, -0.25) is 4.99 Å². The van der Waals surface area contributed by atoms with Crippen LogP contribution >= 0.6 is 0 Å². The Morgan fingerprint density at radius 1 is 1.11 bits per heavy atom. The van der Waals surface area contributed by atoms with Gasteiger partial charge < -0.3 is 0 Å². The van der Waals surface area contributed by atoms with Crippen molar-refractivity contribution in [2.75, 3.05) is 0 Å². The molecular weight excluding hydrogens is 110 g/mol. The summed E-state index contributed by atoms with van der Waals surface area (Å²) in [4.78, 5) is 4.44. The molecule has 1 heterocycles. The van der Waals surface area contributed by atoms with Crippen LogP contribution in [0.2, 0.25) is 0 Å². The molecule has 2 rings (SSSR count). The summed E-state index contributed by atoms with van der Waals surface area (Å²) in [6.07, 6.45) is 10.3. The van der Waals surface area contributed by atoms with Crippen molar-refractivity contribution in [3.05, 3.63) is 0 Å². The molecule has 0 aromatic heterocycles. The minimum absolute atomic E-state index is 0.470. The smallest absolute Gasteiger partial charge is 0.0653 e.